The molecule has 4 nitrogen and oxygen atoms in total. The molecule has 0 aliphatic rings. The summed E-state index contributed by atoms with van der Waals surface area (Å²) >= 11 is 5.86. The van der Waals surface area contributed by atoms with Crippen LogP contribution in [0.3, 0.4) is 0 Å². The molecule has 0 bridgehead atoms. The molecule has 0 radical (unpaired) electrons. The number of nitrogens with zero attached hydrogens (tertiary/aromatic N) is 3. The average Bonchev–Trinajstić information content (AvgIpc) is 2.82. The standard InChI is InChI=1S/C12H14ClN3O/c1-12(7-17,6-16-9-14-8-15-16)10-2-4-11(13)5-3-10/h2-5,8-9,17H,6-7H2,1H3. The molecule has 0 spiro atoms. The summed E-state index contributed by atoms with van der Waals surface area (Å²) in [4.78, 5) is 3.90. The van der Waals surface area contributed by atoms with Crippen LogP contribution in [0.2, 0.25) is 5.02 Å². The summed E-state index contributed by atoms with van der Waals surface area (Å²) in [6.45, 7) is 2.59. The van der Waals surface area contributed by atoms with E-state index in [0.29, 0.717) is 11.6 Å². The fraction of sp³-hybridized carbons (Fsp3) is 0.333. The highest BCUT2D eigenvalue weighted by molar-refractivity contribution is 6.30. The predicted octanol–water partition coefficient (Wildman–Crippen LogP) is 1.88. The maximum atomic E-state index is 9.61. The molecule has 2 aromatic rings. The van der Waals surface area contributed by atoms with Crippen molar-refractivity contribution >= 4 is 11.6 Å². The lowest BCUT2D eigenvalue weighted by molar-refractivity contribution is 0.184. The zero-order valence-electron chi connectivity index (χ0n) is 9.55. The van der Waals surface area contributed by atoms with Crippen molar-refractivity contribution < 1.29 is 5.11 Å². The van der Waals surface area contributed by atoms with Gasteiger partial charge in [0.05, 0.1) is 13.2 Å². The minimum absolute atomic E-state index is 0.0362. The fourth-order valence-electron chi connectivity index (χ4n) is 1.76. The van der Waals surface area contributed by atoms with Gasteiger partial charge in [0.15, 0.2) is 0 Å². The lowest BCUT2D eigenvalue weighted by Gasteiger charge is -2.27. The Morgan fingerprint density at radius 2 is 2.06 bits per heavy atom. The average molecular weight is 252 g/mol. The topological polar surface area (TPSA) is 50.9 Å². The second-order valence-corrected chi connectivity index (χ2v) is 4.76. The van der Waals surface area contributed by atoms with Gasteiger partial charge >= 0.3 is 0 Å². The molecule has 0 aliphatic heterocycles. The van der Waals surface area contributed by atoms with Gasteiger partial charge in [-0.2, -0.15) is 5.10 Å². The van der Waals surface area contributed by atoms with Crippen molar-refractivity contribution in [2.45, 2.75) is 18.9 Å². The number of halogens is 1. The number of aliphatic hydroxyl groups excluding tert-OH is 1. The lowest BCUT2D eigenvalue weighted by atomic mass is 9.83. The van der Waals surface area contributed by atoms with Crippen molar-refractivity contribution in [1.82, 2.24) is 14.8 Å². The smallest absolute Gasteiger partial charge is 0.137 e. The number of aromatic nitrogens is 3. The highest BCUT2D eigenvalue weighted by Gasteiger charge is 2.26. The van der Waals surface area contributed by atoms with E-state index >= 15 is 0 Å². The van der Waals surface area contributed by atoms with Crippen LogP contribution in [0.5, 0.6) is 0 Å². The van der Waals surface area contributed by atoms with Crippen LogP contribution in [0, 0.1) is 0 Å². The number of rotatable bonds is 4. The van der Waals surface area contributed by atoms with Crippen LogP contribution in [0.1, 0.15) is 12.5 Å². The Kier molecular flexibility index (Phi) is 3.45. The van der Waals surface area contributed by atoms with Crippen molar-refractivity contribution in [3.05, 3.63) is 47.5 Å². The first-order chi connectivity index (χ1) is 8.14. The Morgan fingerprint density at radius 3 is 2.59 bits per heavy atom. The van der Waals surface area contributed by atoms with Gasteiger partial charge in [0.25, 0.3) is 0 Å². The molecule has 1 unspecified atom stereocenters. The summed E-state index contributed by atoms with van der Waals surface area (Å²) in [5.41, 5.74) is 0.637. The molecule has 1 heterocycles. The largest absolute Gasteiger partial charge is 0.395 e. The molecular weight excluding hydrogens is 238 g/mol. The third-order valence-electron chi connectivity index (χ3n) is 2.87. The van der Waals surface area contributed by atoms with Gasteiger partial charge in [0.2, 0.25) is 0 Å². The van der Waals surface area contributed by atoms with Gasteiger partial charge in [-0.1, -0.05) is 30.7 Å². The minimum atomic E-state index is -0.391. The minimum Gasteiger partial charge on any atom is -0.395 e. The van der Waals surface area contributed by atoms with E-state index in [4.69, 9.17) is 11.6 Å². The zero-order chi connectivity index (χ0) is 12.3. The molecule has 1 aromatic heterocycles. The van der Waals surface area contributed by atoms with E-state index in [1.54, 1.807) is 11.0 Å². The van der Waals surface area contributed by atoms with Crippen molar-refractivity contribution in [3.63, 3.8) is 0 Å². The van der Waals surface area contributed by atoms with Crippen LogP contribution < -0.4 is 0 Å². The lowest BCUT2D eigenvalue weighted by Crippen LogP contribution is -2.32. The molecule has 1 aromatic carbocycles. The summed E-state index contributed by atoms with van der Waals surface area (Å²) in [7, 11) is 0. The second kappa shape index (κ2) is 4.85. The van der Waals surface area contributed by atoms with E-state index < -0.39 is 5.41 Å². The number of benzene rings is 1. The van der Waals surface area contributed by atoms with Gasteiger partial charge in [0.1, 0.15) is 12.7 Å². The van der Waals surface area contributed by atoms with Gasteiger partial charge in [-0.25, -0.2) is 4.98 Å². The number of hydrogen-bond donors (Lipinski definition) is 1. The summed E-state index contributed by atoms with van der Waals surface area (Å²) in [6, 6.07) is 7.50. The van der Waals surface area contributed by atoms with E-state index in [1.165, 1.54) is 6.33 Å². The van der Waals surface area contributed by atoms with Crippen LogP contribution in [-0.2, 0) is 12.0 Å². The van der Waals surface area contributed by atoms with Gasteiger partial charge in [-0.3, -0.25) is 4.68 Å². The van der Waals surface area contributed by atoms with Crippen molar-refractivity contribution in [1.29, 1.82) is 0 Å². The first kappa shape index (κ1) is 12.1. The Hall–Kier alpha value is -1.39. The Labute approximate surface area is 105 Å². The molecule has 0 amide bonds. The van der Waals surface area contributed by atoms with Crippen LogP contribution in [-0.4, -0.2) is 26.5 Å². The molecule has 0 saturated carbocycles. The van der Waals surface area contributed by atoms with Gasteiger partial charge in [0, 0.05) is 10.4 Å². The quantitative estimate of drug-likeness (QED) is 0.903. The van der Waals surface area contributed by atoms with E-state index in [0.717, 1.165) is 5.56 Å². The van der Waals surface area contributed by atoms with E-state index in [-0.39, 0.29) is 6.61 Å². The van der Waals surface area contributed by atoms with Crippen molar-refractivity contribution in [2.75, 3.05) is 6.61 Å². The molecule has 1 atom stereocenters. The monoisotopic (exact) mass is 251 g/mol. The molecule has 0 aliphatic carbocycles. The normalized spacial score (nSPS) is 14.5. The second-order valence-electron chi connectivity index (χ2n) is 4.32. The SMILES string of the molecule is CC(CO)(Cn1cncn1)c1ccc(Cl)cc1. The van der Waals surface area contributed by atoms with Gasteiger partial charge < -0.3 is 5.11 Å². The van der Waals surface area contributed by atoms with Crippen molar-refractivity contribution in [2.24, 2.45) is 0 Å². The summed E-state index contributed by atoms with van der Waals surface area (Å²) in [5, 5.41) is 14.4. The fourth-order valence-corrected chi connectivity index (χ4v) is 1.88. The van der Waals surface area contributed by atoms with Gasteiger partial charge in [-0.15, -0.1) is 0 Å². The predicted molar refractivity (Wildman–Crippen MR) is 65.9 cm³/mol. The van der Waals surface area contributed by atoms with Crippen LogP contribution in [0.4, 0.5) is 0 Å². The van der Waals surface area contributed by atoms with Gasteiger partial charge in [-0.05, 0) is 17.7 Å². The van der Waals surface area contributed by atoms with Crippen LogP contribution in [0.15, 0.2) is 36.9 Å². The number of hydrogen-bond acceptors (Lipinski definition) is 3. The highest BCUT2D eigenvalue weighted by atomic mass is 35.5. The third-order valence-corrected chi connectivity index (χ3v) is 3.12. The Balaban J connectivity index is 2.27. The van der Waals surface area contributed by atoms with Crippen molar-refractivity contribution in [3.8, 4) is 0 Å². The maximum absolute atomic E-state index is 9.61. The van der Waals surface area contributed by atoms with E-state index in [1.807, 2.05) is 31.2 Å². The Bertz CT molecular complexity index is 469. The highest BCUT2D eigenvalue weighted by Crippen LogP contribution is 2.26. The van der Waals surface area contributed by atoms with E-state index in [9.17, 15) is 5.11 Å². The summed E-state index contributed by atoms with van der Waals surface area (Å²) in [6.07, 6.45) is 3.13. The first-order valence-corrected chi connectivity index (χ1v) is 5.71. The van der Waals surface area contributed by atoms with Crippen LogP contribution >= 0.6 is 11.6 Å². The molecule has 2 rings (SSSR count). The first-order valence-electron chi connectivity index (χ1n) is 5.33. The zero-order valence-corrected chi connectivity index (χ0v) is 10.3. The molecule has 90 valence electrons. The molecule has 17 heavy (non-hydrogen) atoms. The third kappa shape index (κ3) is 2.65. The maximum Gasteiger partial charge on any atom is 0.137 e. The molecule has 0 fully saturated rings. The van der Waals surface area contributed by atoms with Crippen LogP contribution in [0.25, 0.3) is 0 Å². The molecule has 0 saturated heterocycles. The molecule has 1 N–H and O–H groups in total. The summed E-state index contributed by atoms with van der Waals surface area (Å²) < 4.78 is 1.71. The molecular formula is C12H14ClN3O. The Morgan fingerprint density at radius 1 is 1.35 bits per heavy atom. The van der Waals surface area contributed by atoms with E-state index in [2.05, 4.69) is 10.1 Å². The molecule has 5 heteroatoms. The summed E-state index contributed by atoms with van der Waals surface area (Å²) in [5.74, 6) is 0. The number of aliphatic hydroxyl groups is 1.